The molecule has 2 nitrogen and oxygen atoms in total. The second-order valence-corrected chi connectivity index (χ2v) is 3.27. The maximum atomic E-state index is 12.8. The van der Waals surface area contributed by atoms with Gasteiger partial charge in [0, 0.05) is 35.3 Å². The van der Waals surface area contributed by atoms with Crippen LogP contribution in [0.25, 0.3) is 0 Å². The molecule has 0 amide bonds. The summed E-state index contributed by atoms with van der Waals surface area (Å²) in [5, 5.41) is 0. The van der Waals surface area contributed by atoms with Gasteiger partial charge in [-0.15, -0.1) is 4.48 Å². The highest BCUT2D eigenvalue weighted by Crippen LogP contribution is 2.51. The van der Waals surface area contributed by atoms with E-state index in [0.29, 0.717) is 0 Å². The molecule has 0 aromatic heterocycles. The van der Waals surface area contributed by atoms with Gasteiger partial charge in [0.25, 0.3) is 0 Å². The van der Waals surface area contributed by atoms with Gasteiger partial charge in [-0.25, -0.2) is 4.39 Å². The Bertz CT molecular complexity index is 230. The van der Waals surface area contributed by atoms with E-state index in [2.05, 4.69) is 35.3 Å². The van der Waals surface area contributed by atoms with Crippen molar-refractivity contribution in [1.82, 2.24) is 8.58 Å². The summed E-state index contributed by atoms with van der Waals surface area (Å²) in [5.41, 5.74) is 0. The van der Waals surface area contributed by atoms with Crippen LogP contribution in [0.5, 0.6) is 0 Å². The second kappa shape index (κ2) is 4.28. The van der Waals surface area contributed by atoms with Gasteiger partial charge < -0.3 is 0 Å². The molecule has 1 unspecified atom stereocenters. The summed E-state index contributed by atoms with van der Waals surface area (Å²) < 4.78 is 81.5. The zero-order valence-corrected chi connectivity index (χ0v) is 8.44. The Morgan fingerprint density at radius 1 is 0.800 bits per heavy atom. The van der Waals surface area contributed by atoms with Crippen LogP contribution in [-0.4, -0.2) is 26.6 Å². The van der Waals surface area contributed by atoms with E-state index in [4.69, 9.17) is 0 Å². The molecular formula is C3Cl3F7N2. The predicted octanol–water partition coefficient (Wildman–Crippen LogP) is 3.76. The van der Waals surface area contributed by atoms with Crippen LogP contribution in [-0.2, 0) is 0 Å². The van der Waals surface area contributed by atoms with Gasteiger partial charge in [0.1, 0.15) is 0 Å². The maximum Gasteiger partial charge on any atom is 0.448 e. The average molecular weight is 303 g/mol. The van der Waals surface area contributed by atoms with Crippen molar-refractivity contribution in [3.05, 3.63) is 0 Å². The first-order valence-corrected chi connectivity index (χ1v) is 3.77. The third kappa shape index (κ3) is 2.36. The van der Waals surface area contributed by atoms with E-state index < -0.39 is 26.6 Å². The molecule has 0 aliphatic rings. The number of rotatable bonds is 3. The summed E-state index contributed by atoms with van der Waals surface area (Å²) in [6.45, 7) is 0. The van der Waals surface area contributed by atoms with Gasteiger partial charge in [-0.05, 0) is 4.64 Å². The Hall–Kier alpha value is 0.300. The van der Waals surface area contributed by atoms with Crippen molar-refractivity contribution >= 4 is 35.3 Å². The van der Waals surface area contributed by atoms with E-state index in [9.17, 15) is 30.8 Å². The number of alkyl halides is 6. The minimum atomic E-state index is -6.37. The molecule has 15 heavy (non-hydrogen) atoms. The van der Waals surface area contributed by atoms with Crippen LogP contribution in [0.1, 0.15) is 0 Å². The van der Waals surface area contributed by atoms with Gasteiger partial charge >= 0.3 is 18.0 Å². The summed E-state index contributed by atoms with van der Waals surface area (Å²) in [6, 6.07) is -5.65. The van der Waals surface area contributed by atoms with Crippen molar-refractivity contribution < 1.29 is 30.8 Å². The Balaban J connectivity index is 5.51. The summed E-state index contributed by atoms with van der Waals surface area (Å²) >= 11 is 12.5. The standard InChI is InChI=1S/C3Cl3F7N2/c4-14(5)3(11,12)1(7,15(6)13)2(8,9)10. The highest BCUT2D eigenvalue weighted by Gasteiger charge is 2.78. The first-order valence-electron chi connectivity index (χ1n) is 2.76. The minimum Gasteiger partial charge on any atom is -0.203 e. The molecule has 0 saturated carbocycles. The smallest absolute Gasteiger partial charge is 0.203 e. The highest BCUT2D eigenvalue weighted by atomic mass is 35.5. The molecule has 12 heteroatoms. The lowest BCUT2D eigenvalue weighted by molar-refractivity contribution is -0.379. The van der Waals surface area contributed by atoms with Crippen LogP contribution in [0.15, 0.2) is 0 Å². The van der Waals surface area contributed by atoms with E-state index in [1.165, 1.54) is 0 Å². The van der Waals surface area contributed by atoms with E-state index >= 15 is 0 Å². The highest BCUT2D eigenvalue weighted by molar-refractivity contribution is 6.34. The number of halogens is 10. The van der Waals surface area contributed by atoms with Gasteiger partial charge in [0.05, 0.1) is 0 Å². The fourth-order valence-corrected chi connectivity index (χ4v) is 0.902. The van der Waals surface area contributed by atoms with E-state index in [1.807, 2.05) is 0 Å². The molecule has 0 bridgehead atoms. The second-order valence-electron chi connectivity index (χ2n) is 2.13. The van der Waals surface area contributed by atoms with Gasteiger partial charge in [0.15, 0.2) is 0 Å². The van der Waals surface area contributed by atoms with Gasteiger partial charge in [-0.2, -0.15) is 22.0 Å². The van der Waals surface area contributed by atoms with Gasteiger partial charge in [-0.3, -0.25) is 0 Å². The summed E-state index contributed by atoms with van der Waals surface area (Å²) in [7, 11) is 0. The zero-order valence-electron chi connectivity index (χ0n) is 6.17. The average Bonchev–Trinajstić information content (AvgIpc) is 1.99. The maximum absolute atomic E-state index is 12.8. The van der Waals surface area contributed by atoms with Crippen molar-refractivity contribution in [1.29, 1.82) is 0 Å². The summed E-state index contributed by atoms with van der Waals surface area (Å²) in [5.74, 6) is -5.88. The number of hydrogen-bond acceptors (Lipinski definition) is 2. The topological polar surface area (TPSA) is 6.48 Å². The number of hydrogen-bond donors (Lipinski definition) is 0. The Morgan fingerprint density at radius 3 is 1.20 bits per heavy atom. The Morgan fingerprint density at radius 2 is 1.13 bits per heavy atom. The molecule has 0 spiro atoms. The van der Waals surface area contributed by atoms with Crippen LogP contribution in [0.3, 0.4) is 0 Å². The Kier molecular flexibility index (Phi) is 4.37. The zero-order chi connectivity index (χ0) is 12.7. The fraction of sp³-hybridized carbons (Fsp3) is 1.00. The van der Waals surface area contributed by atoms with Crippen molar-refractivity contribution in [2.24, 2.45) is 0 Å². The van der Waals surface area contributed by atoms with Crippen molar-refractivity contribution in [2.45, 2.75) is 18.0 Å². The molecule has 0 heterocycles. The third-order valence-corrected chi connectivity index (χ3v) is 1.88. The molecule has 0 saturated heterocycles. The first kappa shape index (κ1) is 15.3. The van der Waals surface area contributed by atoms with Crippen molar-refractivity contribution in [3.63, 3.8) is 0 Å². The molecule has 0 aromatic carbocycles. The molecular weight excluding hydrogens is 303 g/mol. The largest absolute Gasteiger partial charge is 0.448 e. The SMILES string of the molecule is FN(Cl)C(F)(C(F)(F)F)C(F)(F)N(Cl)Cl. The van der Waals surface area contributed by atoms with Crippen LogP contribution in [0.4, 0.5) is 30.8 Å². The van der Waals surface area contributed by atoms with Crippen LogP contribution >= 0.6 is 35.3 Å². The predicted molar refractivity (Wildman–Crippen MR) is 37.2 cm³/mol. The quantitative estimate of drug-likeness (QED) is 0.445. The normalized spacial score (nSPS) is 18.4. The molecule has 0 rings (SSSR count). The molecule has 0 fully saturated rings. The first-order chi connectivity index (χ1) is 6.39. The minimum absolute atomic E-state index is 1.49. The molecule has 0 aliphatic heterocycles. The monoisotopic (exact) mass is 302 g/mol. The molecule has 0 radical (unpaired) electrons. The van der Waals surface area contributed by atoms with E-state index in [1.54, 1.807) is 0 Å². The van der Waals surface area contributed by atoms with Crippen LogP contribution < -0.4 is 0 Å². The lowest BCUT2D eigenvalue weighted by atomic mass is 10.2. The molecule has 0 aromatic rings. The number of nitrogens with zero attached hydrogens (tertiary/aromatic N) is 2. The summed E-state index contributed by atoms with van der Waals surface area (Å²) in [4.78, 5) is 0. The van der Waals surface area contributed by atoms with Gasteiger partial charge in [0.2, 0.25) is 0 Å². The van der Waals surface area contributed by atoms with Crippen LogP contribution in [0, 0.1) is 0 Å². The van der Waals surface area contributed by atoms with E-state index in [-0.39, 0.29) is 0 Å². The van der Waals surface area contributed by atoms with Gasteiger partial charge in [-0.1, -0.05) is 3.94 Å². The fourth-order valence-electron chi connectivity index (χ4n) is 0.480. The van der Waals surface area contributed by atoms with Crippen molar-refractivity contribution in [3.8, 4) is 0 Å². The lowest BCUT2D eigenvalue weighted by Gasteiger charge is -2.35. The van der Waals surface area contributed by atoms with E-state index in [0.717, 1.165) is 0 Å². The third-order valence-electron chi connectivity index (χ3n) is 1.22. The molecule has 0 aliphatic carbocycles. The molecule has 0 N–H and O–H groups in total. The van der Waals surface area contributed by atoms with Crippen molar-refractivity contribution in [2.75, 3.05) is 0 Å². The lowest BCUT2D eigenvalue weighted by Crippen LogP contribution is -2.64. The molecule has 92 valence electrons. The summed E-state index contributed by atoms with van der Waals surface area (Å²) in [6.07, 6.45) is -6.37. The molecule has 1 atom stereocenters. The van der Waals surface area contributed by atoms with Crippen LogP contribution in [0.2, 0.25) is 0 Å². The Labute approximate surface area is 93.3 Å².